The Bertz CT molecular complexity index is 574. The highest BCUT2D eigenvalue weighted by atomic mass is 15.1. The molecule has 1 heterocycles. The fraction of sp³-hybridized carbons (Fsp3) is 0.400. The van der Waals surface area contributed by atoms with E-state index < -0.39 is 0 Å². The van der Waals surface area contributed by atoms with Gasteiger partial charge in [-0.3, -0.25) is 4.90 Å². The standard InChI is InChI=1S/C20H25N/c1-2-18-11-6-12-19-16-21(15-13-20(18)19)14-7-10-17-8-4-3-5-9-17/h3-6,8-9,11-12H,2,7,10,13-16H2,1H3. The van der Waals surface area contributed by atoms with Crippen molar-refractivity contribution >= 4 is 0 Å². The smallest absolute Gasteiger partial charge is 0.0236 e. The maximum absolute atomic E-state index is 2.62. The van der Waals surface area contributed by atoms with E-state index in [0.717, 1.165) is 13.0 Å². The van der Waals surface area contributed by atoms with Crippen molar-refractivity contribution in [3.05, 3.63) is 70.8 Å². The van der Waals surface area contributed by atoms with Gasteiger partial charge >= 0.3 is 0 Å². The Labute approximate surface area is 128 Å². The molecule has 0 saturated carbocycles. The third-order valence-electron chi connectivity index (χ3n) is 4.61. The Hall–Kier alpha value is -1.60. The van der Waals surface area contributed by atoms with Crippen LogP contribution >= 0.6 is 0 Å². The van der Waals surface area contributed by atoms with Gasteiger partial charge in [0.1, 0.15) is 0 Å². The van der Waals surface area contributed by atoms with Crippen molar-refractivity contribution in [3.63, 3.8) is 0 Å². The van der Waals surface area contributed by atoms with Crippen LogP contribution in [0.2, 0.25) is 0 Å². The third-order valence-corrected chi connectivity index (χ3v) is 4.61. The van der Waals surface area contributed by atoms with Gasteiger partial charge in [-0.2, -0.15) is 0 Å². The fourth-order valence-corrected chi connectivity index (χ4v) is 3.42. The summed E-state index contributed by atoms with van der Waals surface area (Å²) in [7, 11) is 0. The summed E-state index contributed by atoms with van der Waals surface area (Å²) in [5.41, 5.74) is 6.19. The lowest BCUT2D eigenvalue weighted by atomic mass is 9.93. The molecular formula is C20H25N. The van der Waals surface area contributed by atoms with E-state index >= 15 is 0 Å². The normalized spacial score (nSPS) is 14.9. The van der Waals surface area contributed by atoms with Crippen molar-refractivity contribution in [1.82, 2.24) is 4.90 Å². The summed E-state index contributed by atoms with van der Waals surface area (Å²) in [5, 5.41) is 0. The molecule has 2 aromatic carbocycles. The summed E-state index contributed by atoms with van der Waals surface area (Å²) in [4.78, 5) is 2.62. The molecule has 0 aromatic heterocycles. The van der Waals surface area contributed by atoms with Crippen molar-refractivity contribution < 1.29 is 0 Å². The average molecular weight is 279 g/mol. The first kappa shape index (κ1) is 14.3. The topological polar surface area (TPSA) is 3.24 Å². The Morgan fingerprint density at radius 2 is 1.86 bits per heavy atom. The summed E-state index contributed by atoms with van der Waals surface area (Å²) >= 11 is 0. The first-order valence-electron chi connectivity index (χ1n) is 8.22. The minimum Gasteiger partial charge on any atom is -0.299 e. The SMILES string of the molecule is CCc1cccc2c1CCN(CCCc1ccccc1)C2. The molecule has 3 rings (SSSR count). The second-order valence-electron chi connectivity index (χ2n) is 6.02. The number of nitrogens with zero attached hydrogens (tertiary/aromatic N) is 1. The predicted octanol–water partition coefficient (Wildman–Crippen LogP) is 4.24. The quantitative estimate of drug-likeness (QED) is 0.791. The van der Waals surface area contributed by atoms with E-state index in [1.807, 2.05) is 0 Å². The maximum Gasteiger partial charge on any atom is 0.0236 e. The zero-order chi connectivity index (χ0) is 14.5. The number of hydrogen-bond acceptors (Lipinski definition) is 1. The molecule has 0 bridgehead atoms. The lowest BCUT2D eigenvalue weighted by Gasteiger charge is -2.30. The molecule has 2 aromatic rings. The number of rotatable bonds is 5. The fourth-order valence-electron chi connectivity index (χ4n) is 3.42. The molecule has 1 aliphatic heterocycles. The van der Waals surface area contributed by atoms with E-state index in [2.05, 4.69) is 60.4 Å². The van der Waals surface area contributed by atoms with Crippen LogP contribution in [0, 0.1) is 0 Å². The molecule has 0 unspecified atom stereocenters. The van der Waals surface area contributed by atoms with Crippen molar-refractivity contribution in [2.45, 2.75) is 39.2 Å². The van der Waals surface area contributed by atoms with Crippen molar-refractivity contribution in [2.24, 2.45) is 0 Å². The summed E-state index contributed by atoms with van der Waals surface area (Å²) in [6.45, 7) is 5.84. The Kier molecular flexibility index (Phi) is 4.72. The second kappa shape index (κ2) is 6.91. The zero-order valence-electron chi connectivity index (χ0n) is 13.0. The monoisotopic (exact) mass is 279 g/mol. The largest absolute Gasteiger partial charge is 0.299 e. The summed E-state index contributed by atoms with van der Waals surface area (Å²) in [6, 6.07) is 17.7. The highest BCUT2D eigenvalue weighted by molar-refractivity contribution is 5.37. The van der Waals surface area contributed by atoms with Crippen LogP contribution in [0.4, 0.5) is 0 Å². The van der Waals surface area contributed by atoms with Gasteiger partial charge in [-0.1, -0.05) is 55.5 Å². The van der Waals surface area contributed by atoms with Crippen molar-refractivity contribution in [1.29, 1.82) is 0 Å². The van der Waals surface area contributed by atoms with E-state index in [1.54, 1.807) is 16.7 Å². The number of benzene rings is 2. The van der Waals surface area contributed by atoms with Crippen LogP contribution < -0.4 is 0 Å². The van der Waals surface area contributed by atoms with Gasteiger partial charge in [-0.05, 0) is 54.5 Å². The number of aryl methyl sites for hydroxylation is 2. The molecule has 1 aliphatic rings. The van der Waals surface area contributed by atoms with Gasteiger partial charge in [0.05, 0.1) is 0 Å². The highest BCUT2D eigenvalue weighted by Gasteiger charge is 2.17. The van der Waals surface area contributed by atoms with E-state index in [0.29, 0.717) is 0 Å². The van der Waals surface area contributed by atoms with E-state index in [4.69, 9.17) is 0 Å². The minimum absolute atomic E-state index is 1.14. The molecule has 0 fully saturated rings. The number of fused-ring (bicyclic) bond motifs is 1. The van der Waals surface area contributed by atoms with Crippen LogP contribution in [0.1, 0.15) is 35.6 Å². The lowest BCUT2D eigenvalue weighted by Crippen LogP contribution is -2.32. The van der Waals surface area contributed by atoms with Crippen LogP contribution in [0.3, 0.4) is 0 Å². The molecule has 0 N–H and O–H groups in total. The first-order chi connectivity index (χ1) is 10.4. The van der Waals surface area contributed by atoms with Crippen LogP contribution in [0.5, 0.6) is 0 Å². The summed E-state index contributed by atoms with van der Waals surface area (Å²) in [6.07, 6.45) is 4.84. The molecule has 1 heteroatoms. The lowest BCUT2D eigenvalue weighted by molar-refractivity contribution is 0.251. The summed E-state index contributed by atoms with van der Waals surface area (Å²) in [5.74, 6) is 0. The van der Waals surface area contributed by atoms with E-state index in [1.165, 1.54) is 37.9 Å². The highest BCUT2D eigenvalue weighted by Crippen LogP contribution is 2.23. The van der Waals surface area contributed by atoms with Gasteiger partial charge in [0.15, 0.2) is 0 Å². The van der Waals surface area contributed by atoms with Gasteiger partial charge in [0.2, 0.25) is 0 Å². The van der Waals surface area contributed by atoms with E-state index in [-0.39, 0.29) is 0 Å². The number of hydrogen-bond donors (Lipinski definition) is 0. The first-order valence-corrected chi connectivity index (χ1v) is 8.22. The molecule has 1 nitrogen and oxygen atoms in total. The molecule has 0 radical (unpaired) electrons. The summed E-state index contributed by atoms with van der Waals surface area (Å²) < 4.78 is 0. The molecule has 21 heavy (non-hydrogen) atoms. The zero-order valence-corrected chi connectivity index (χ0v) is 13.0. The third kappa shape index (κ3) is 3.54. The Balaban J connectivity index is 1.55. The van der Waals surface area contributed by atoms with Gasteiger partial charge < -0.3 is 0 Å². The minimum atomic E-state index is 1.14. The molecule has 0 spiro atoms. The molecule has 0 atom stereocenters. The predicted molar refractivity (Wildman–Crippen MR) is 89.6 cm³/mol. The van der Waals surface area contributed by atoms with Crippen LogP contribution in [-0.4, -0.2) is 18.0 Å². The van der Waals surface area contributed by atoms with Crippen molar-refractivity contribution in [2.75, 3.05) is 13.1 Å². The van der Waals surface area contributed by atoms with Gasteiger partial charge in [-0.25, -0.2) is 0 Å². The Morgan fingerprint density at radius 3 is 2.67 bits per heavy atom. The van der Waals surface area contributed by atoms with Crippen LogP contribution in [0.25, 0.3) is 0 Å². The van der Waals surface area contributed by atoms with Crippen LogP contribution in [0.15, 0.2) is 48.5 Å². The Morgan fingerprint density at radius 1 is 1.00 bits per heavy atom. The average Bonchev–Trinajstić information content (AvgIpc) is 2.55. The molecule has 0 aliphatic carbocycles. The van der Waals surface area contributed by atoms with E-state index in [9.17, 15) is 0 Å². The molecule has 0 amide bonds. The van der Waals surface area contributed by atoms with Crippen LogP contribution in [-0.2, 0) is 25.8 Å². The van der Waals surface area contributed by atoms with Gasteiger partial charge in [0, 0.05) is 13.1 Å². The molecule has 0 saturated heterocycles. The molecule has 110 valence electrons. The van der Waals surface area contributed by atoms with Gasteiger partial charge in [-0.15, -0.1) is 0 Å². The van der Waals surface area contributed by atoms with Gasteiger partial charge in [0.25, 0.3) is 0 Å². The second-order valence-corrected chi connectivity index (χ2v) is 6.02. The van der Waals surface area contributed by atoms with Crippen molar-refractivity contribution in [3.8, 4) is 0 Å². The molecular weight excluding hydrogens is 254 g/mol. The maximum atomic E-state index is 2.62.